The topological polar surface area (TPSA) is 80.3 Å². The zero-order chi connectivity index (χ0) is 24.6. The normalized spacial score (nSPS) is 16.6. The van der Waals surface area contributed by atoms with E-state index in [4.69, 9.17) is 14.2 Å². The predicted molar refractivity (Wildman–Crippen MR) is 136 cm³/mol. The van der Waals surface area contributed by atoms with Crippen molar-refractivity contribution in [1.82, 2.24) is 4.90 Å². The molecule has 2 fully saturated rings. The summed E-state index contributed by atoms with van der Waals surface area (Å²) in [5.74, 6) is 1.14. The number of carbonyl (C=O) groups is 2. The second-order valence-corrected chi connectivity index (χ2v) is 8.70. The first-order valence-corrected chi connectivity index (χ1v) is 12.5. The number of likely N-dealkylation sites (tertiary alicyclic amines) is 1. The molecule has 8 heteroatoms. The Morgan fingerprint density at radius 1 is 0.943 bits per heavy atom. The van der Waals surface area contributed by atoms with E-state index in [1.807, 2.05) is 61.2 Å². The fourth-order valence-electron chi connectivity index (χ4n) is 4.59. The zero-order valence-corrected chi connectivity index (χ0v) is 20.6. The molecule has 0 aliphatic carbocycles. The van der Waals surface area contributed by atoms with Gasteiger partial charge in [0.15, 0.2) is 0 Å². The number of amides is 2. The van der Waals surface area contributed by atoms with E-state index in [1.54, 1.807) is 0 Å². The Hall–Kier alpha value is -3.26. The number of nitrogens with zero attached hydrogens (tertiary/aromatic N) is 2. The number of piperidine rings is 1. The SMILES string of the molecule is CCOc1cc(N2CCOCC2)c(OCC)cc1NC(=O)C1CCN(C(=O)c2ccccc2)CC1. The summed E-state index contributed by atoms with van der Waals surface area (Å²) in [6, 6.07) is 13.1. The Labute approximate surface area is 207 Å². The number of rotatable bonds is 8. The van der Waals surface area contributed by atoms with Crippen molar-refractivity contribution in [3.63, 3.8) is 0 Å². The molecule has 2 saturated heterocycles. The lowest BCUT2D eigenvalue weighted by Crippen LogP contribution is -2.41. The minimum atomic E-state index is -0.168. The van der Waals surface area contributed by atoms with Crippen molar-refractivity contribution in [3.05, 3.63) is 48.0 Å². The van der Waals surface area contributed by atoms with E-state index in [9.17, 15) is 9.59 Å². The molecular weight excluding hydrogens is 446 g/mol. The average molecular weight is 482 g/mol. The molecule has 188 valence electrons. The summed E-state index contributed by atoms with van der Waals surface area (Å²) in [6.07, 6.45) is 1.25. The molecule has 0 radical (unpaired) electrons. The Balaban J connectivity index is 1.45. The van der Waals surface area contributed by atoms with Gasteiger partial charge in [-0.15, -0.1) is 0 Å². The van der Waals surface area contributed by atoms with Crippen LogP contribution >= 0.6 is 0 Å². The maximum absolute atomic E-state index is 13.2. The highest BCUT2D eigenvalue weighted by Crippen LogP contribution is 2.39. The quantitative estimate of drug-likeness (QED) is 0.618. The van der Waals surface area contributed by atoms with Crippen LogP contribution < -0.4 is 19.7 Å². The molecule has 0 saturated carbocycles. The number of nitrogens with one attached hydrogen (secondary N) is 1. The second kappa shape index (κ2) is 11.9. The van der Waals surface area contributed by atoms with Gasteiger partial charge in [0.05, 0.1) is 37.8 Å². The highest BCUT2D eigenvalue weighted by molar-refractivity contribution is 5.96. The van der Waals surface area contributed by atoms with Gasteiger partial charge in [-0.05, 0) is 38.8 Å². The van der Waals surface area contributed by atoms with E-state index in [1.165, 1.54) is 0 Å². The van der Waals surface area contributed by atoms with Crippen LogP contribution in [0.15, 0.2) is 42.5 Å². The van der Waals surface area contributed by atoms with Crippen molar-refractivity contribution < 1.29 is 23.8 Å². The van der Waals surface area contributed by atoms with Gasteiger partial charge in [-0.25, -0.2) is 0 Å². The highest BCUT2D eigenvalue weighted by Gasteiger charge is 2.29. The van der Waals surface area contributed by atoms with Gasteiger partial charge >= 0.3 is 0 Å². The minimum Gasteiger partial charge on any atom is -0.492 e. The van der Waals surface area contributed by atoms with Gasteiger partial charge in [-0.2, -0.15) is 0 Å². The second-order valence-electron chi connectivity index (χ2n) is 8.70. The third-order valence-electron chi connectivity index (χ3n) is 6.44. The van der Waals surface area contributed by atoms with Crippen molar-refractivity contribution in [2.24, 2.45) is 5.92 Å². The summed E-state index contributed by atoms with van der Waals surface area (Å²) in [7, 11) is 0. The molecule has 0 aromatic heterocycles. The number of benzene rings is 2. The molecule has 2 aliphatic rings. The van der Waals surface area contributed by atoms with Gasteiger partial charge in [0.1, 0.15) is 11.5 Å². The van der Waals surface area contributed by atoms with Crippen LogP contribution in [-0.4, -0.2) is 69.3 Å². The molecular formula is C27H35N3O5. The van der Waals surface area contributed by atoms with Crippen LogP contribution in [0.5, 0.6) is 11.5 Å². The van der Waals surface area contributed by atoms with Gasteiger partial charge in [-0.3, -0.25) is 9.59 Å². The van der Waals surface area contributed by atoms with Crippen molar-refractivity contribution in [2.75, 3.05) is 62.8 Å². The highest BCUT2D eigenvalue weighted by atomic mass is 16.5. The fraction of sp³-hybridized carbons (Fsp3) is 0.481. The molecule has 1 N–H and O–H groups in total. The summed E-state index contributed by atoms with van der Waals surface area (Å²) in [6.45, 7) is 8.88. The Bertz CT molecular complexity index is 999. The molecule has 2 heterocycles. The van der Waals surface area contributed by atoms with Crippen LogP contribution in [0.1, 0.15) is 37.0 Å². The number of morpholine rings is 1. The lowest BCUT2D eigenvalue weighted by atomic mass is 9.95. The number of carbonyl (C=O) groups excluding carboxylic acids is 2. The lowest BCUT2D eigenvalue weighted by molar-refractivity contribution is -0.121. The van der Waals surface area contributed by atoms with Crippen molar-refractivity contribution in [3.8, 4) is 11.5 Å². The first kappa shape index (κ1) is 24.9. The fourth-order valence-corrected chi connectivity index (χ4v) is 4.59. The Morgan fingerprint density at radius 3 is 2.26 bits per heavy atom. The Kier molecular flexibility index (Phi) is 8.47. The van der Waals surface area contributed by atoms with E-state index in [0.717, 1.165) is 24.5 Å². The number of hydrogen-bond donors (Lipinski definition) is 1. The molecule has 35 heavy (non-hydrogen) atoms. The molecule has 0 unspecified atom stereocenters. The summed E-state index contributed by atoms with van der Waals surface area (Å²) in [4.78, 5) is 30.0. The van der Waals surface area contributed by atoms with Gasteiger partial charge in [0.2, 0.25) is 5.91 Å². The van der Waals surface area contributed by atoms with E-state index in [2.05, 4.69) is 10.2 Å². The third kappa shape index (κ3) is 6.06. The summed E-state index contributed by atoms with van der Waals surface area (Å²) >= 11 is 0. The number of ether oxygens (including phenoxy) is 3. The molecule has 0 atom stereocenters. The number of anilines is 2. The molecule has 2 aliphatic heterocycles. The van der Waals surface area contributed by atoms with Crippen LogP contribution in [0.3, 0.4) is 0 Å². The van der Waals surface area contributed by atoms with E-state index in [0.29, 0.717) is 69.4 Å². The van der Waals surface area contributed by atoms with Crippen LogP contribution in [0.25, 0.3) is 0 Å². The van der Waals surface area contributed by atoms with Gasteiger partial charge in [0, 0.05) is 49.8 Å². The molecule has 2 aromatic rings. The van der Waals surface area contributed by atoms with Gasteiger partial charge in [-0.1, -0.05) is 18.2 Å². The van der Waals surface area contributed by atoms with Crippen molar-refractivity contribution in [1.29, 1.82) is 0 Å². The zero-order valence-electron chi connectivity index (χ0n) is 20.6. The largest absolute Gasteiger partial charge is 0.492 e. The minimum absolute atomic E-state index is 0.0168. The van der Waals surface area contributed by atoms with Gasteiger partial charge < -0.3 is 29.3 Å². The van der Waals surface area contributed by atoms with Crippen molar-refractivity contribution in [2.45, 2.75) is 26.7 Å². The van der Waals surface area contributed by atoms with Crippen LogP contribution in [0.2, 0.25) is 0 Å². The molecule has 8 nitrogen and oxygen atoms in total. The average Bonchev–Trinajstić information content (AvgIpc) is 2.91. The molecule has 0 spiro atoms. The summed E-state index contributed by atoms with van der Waals surface area (Å²) in [5.41, 5.74) is 2.24. The maximum Gasteiger partial charge on any atom is 0.253 e. The monoisotopic (exact) mass is 481 g/mol. The standard InChI is InChI=1S/C27H35N3O5/c1-3-34-24-19-23(29-14-16-33-17-15-29)25(35-4-2)18-22(24)28-26(31)20-10-12-30(13-11-20)27(32)21-8-6-5-7-9-21/h5-9,18-20H,3-4,10-17H2,1-2H3,(H,28,31). The molecule has 4 rings (SSSR count). The van der Waals surface area contributed by atoms with Gasteiger partial charge in [0.25, 0.3) is 5.91 Å². The smallest absolute Gasteiger partial charge is 0.253 e. The maximum atomic E-state index is 13.2. The first-order chi connectivity index (χ1) is 17.1. The molecule has 0 bridgehead atoms. The van der Waals surface area contributed by atoms with E-state index in [-0.39, 0.29) is 17.7 Å². The van der Waals surface area contributed by atoms with E-state index < -0.39 is 0 Å². The summed E-state index contributed by atoms with van der Waals surface area (Å²) in [5, 5.41) is 3.08. The molecule has 2 aromatic carbocycles. The van der Waals surface area contributed by atoms with Crippen molar-refractivity contribution >= 4 is 23.2 Å². The lowest BCUT2D eigenvalue weighted by Gasteiger charge is -2.32. The van der Waals surface area contributed by atoms with Crippen LogP contribution in [0.4, 0.5) is 11.4 Å². The van der Waals surface area contributed by atoms with E-state index >= 15 is 0 Å². The number of hydrogen-bond acceptors (Lipinski definition) is 6. The van der Waals surface area contributed by atoms with Crippen LogP contribution in [0, 0.1) is 5.92 Å². The predicted octanol–water partition coefficient (Wildman–Crippen LogP) is 3.81. The molecule has 2 amide bonds. The Morgan fingerprint density at radius 2 is 1.60 bits per heavy atom. The first-order valence-electron chi connectivity index (χ1n) is 12.5. The summed E-state index contributed by atoms with van der Waals surface area (Å²) < 4.78 is 17.3. The third-order valence-corrected chi connectivity index (χ3v) is 6.44. The van der Waals surface area contributed by atoms with Crippen LogP contribution in [-0.2, 0) is 9.53 Å².